The van der Waals surface area contributed by atoms with Crippen molar-refractivity contribution in [2.24, 2.45) is 11.5 Å². The second-order valence-corrected chi connectivity index (χ2v) is 6.81. The molecule has 162 valence electrons. The zero-order chi connectivity index (χ0) is 22.5. The summed E-state index contributed by atoms with van der Waals surface area (Å²) >= 11 is 6.03. The van der Waals surface area contributed by atoms with Gasteiger partial charge >= 0.3 is 67.3 Å². The Bertz CT molecular complexity index is 576. The van der Waals surface area contributed by atoms with Gasteiger partial charge in [-0.15, -0.1) is 0 Å². The van der Waals surface area contributed by atoms with Gasteiger partial charge in [0, 0.05) is 12.2 Å². The SMILES string of the molecule is C[C@](N)(C[SeH])C(=O)O.NC(CCC(=O)NC(CS)C(=O)NCC(=O)O)C(=O)O. The van der Waals surface area contributed by atoms with Gasteiger partial charge in [0.05, 0.1) is 0 Å². The molecule has 9 N–H and O–H groups in total. The minimum Gasteiger partial charge on any atom is -0.480 e. The van der Waals surface area contributed by atoms with Gasteiger partial charge in [0.1, 0.15) is 18.6 Å². The Balaban J connectivity index is 0. The molecule has 12 nitrogen and oxygen atoms in total. The van der Waals surface area contributed by atoms with Crippen LogP contribution in [0.5, 0.6) is 0 Å². The van der Waals surface area contributed by atoms with E-state index in [1.54, 1.807) is 0 Å². The largest absolute Gasteiger partial charge is 0.480 e. The molecule has 0 aliphatic carbocycles. The summed E-state index contributed by atoms with van der Waals surface area (Å²) in [5.41, 5.74) is 9.40. The van der Waals surface area contributed by atoms with Crippen molar-refractivity contribution in [1.82, 2.24) is 10.6 Å². The summed E-state index contributed by atoms with van der Waals surface area (Å²) in [6.07, 6.45) is -0.235. The minimum absolute atomic E-state index is 0.0256. The van der Waals surface area contributed by atoms with Gasteiger partial charge in [0.15, 0.2) is 0 Å². The van der Waals surface area contributed by atoms with Crippen LogP contribution in [0.2, 0.25) is 5.32 Å². The molecule has 28 heavy (non-hydrogen) atoms. The Hall–Kier alpha value is -1.86. The quantitative estimate of drug-likeness (QED) is 0.108. The Morgan fingerprint density at radius 3 is 2.04 bits per heavy atom. The van der Waals surface area contributed by atoms with E-state index in [4.69, 9.17) is 26.8 Å². The molecule has 0 saturated heterocycles. The van der Waals surface area contributed by atoms with Gasteiger partial charge in [-0.25, -0.2) is 0 Å². The van der Waals surface area contributed by atoms with E-state index in [1.165, 1.54) is 6.92 Å². The van der Waals surface area contributed by atoms with E-state index in [0.29, 0.717) is 5.32 Å². The topological polar surface area (TPSA) is 222 Å². The Morgan fingerprint density at radius 2 is 1.71 bits per heavy atom. The van der Waals surface area contributed by atoms with Crippen molar-refractivity contribution in [1.29, 1.82) is 0 Å². The molecule has 14 heteroatoms. The molecule has 0 aromatic carbocycles. The van der Waals surface area contributed by atoms with Crippen LogP contribution in [0.1, 0.15) is 19.8 Å². The van der Waals surface area contributed by atoms with Crippen molar-refractivity contribution in [2.45, 2.75) is 42.7 Å². The molecular weight excluding hydrogens is 463 g/mol. The predicted molar refractivity (Wildman–Crippen MR) is 103 cm³/mol. The first-order valence-corrected chi connectivity index (χ1v) is 9.75. The first kappa shape index (κ1) is 28.4. The molecule has 0 saturated carbocycles. The number of amides is 2. The molecule has 2 amide bonds. The van der Waals surface area contributed by atoms with Crippen LogP contribution >= 0.6 is 12.6 Å². The summed E-state index contributed by atoms with van der Waals surface area (Å²) in [7, 11) is 0. The molecule has 0 heterocycles. The van der Waals surface area contributed by atoms with Crippen LogP contribution < -0.4 is 22.1 Å². The van der Waals surface area contributed by atoms with Crippen molar-refractivity contribution in [3.8, 4) is 0 Å². The number of thiol groups is 1. The third-order valence-electron chi connectivity index (χ3n) is 3.06. The fourth-order valence-electron chi connectivity index (χ4n) is 1.22. The molecule has 0 aromatic heterocycles. The summed E-state index contributed by atoms with van der Waals surface area (Å²) in [5, 5.41) is 30.1. The average Bonchev–Trinajstić information content (AvgIpc) is 2.62. The first-order chi connectivity index (χ1) is 12.8. The number of nitrogens with one attached hydrogen (secondary N) is 2. The molecule has 0 spiro atoms. The standard InChI is InChI=1S/C10H17N3O6S.C4H9NO2Se/c11-5(10(18)19)1-2-7(14)13-6(4-20)9(17)12-3-8(15)16;1-4(5,2-8)3(6)7/h5-6,20H,1-4,11H2,(H,12,17)(H,13,14)(H,15,16)(H,18,19);8H,2,5H2,1H3,(H,6,7)/t;4-/m.0/s1. The second kappa shape index (κ2) is 14.2. The number of carboxylic acids is 3. The molecule has 0 rings (SSSR count). The van der Waals surface area contributed by atoms with E-state index in [-0.39, 0.29) is 18.6 Å². The molecule has 0 aliphatic heterocycles. The molecule has 0 fully saturated rings. The van der Waals surface area contributed by atoms with Gasteiger partial charge in [-0.05, 0) is 6.42 Å². The van der Waals surface area contributed by atoms with Crippen LogP contribution in [0.15, 0.2) is 0 Å². The summed E-state index contributed by atoms with van der Waals surface area (Å²) in [6.45, 7) is 0.913. The smallest absolute Gasteiger partial charge is 0.322 e. The van der Waals surface area contributed by atoms with Crippen LogP contribution in [0.25, 0.3) is 0 Å². The van der Waals surface area contributed by atoms with E-state index in [1.807, 2.05) is 0 Å². The molecule has 0 aliphatic rings. The number of aliphatic carboxylic acids is 3. The number of carbonyl (C=O) groups is 5. The molecule has 0 radical (unpaired) electrons. The van der Waals surface area contributed by atoms with Crippen molar-refractivity contribution in [2.75, 3.05) is 12.3 Å². The zero-order valence-electron chi connectivity index (χ0n) is 15.1. The van der Waals surface area contributed by atoms with E-state index in [2.05, 4.69) is 39.3 Å². The van der Waals surface area contributed by atoms with E-state index < -0.39 is 53.9 Å². The van der Waals surface area contributed by atoms with Crippen molar-refractivity contribution in [3.05, 3.63) is 0 Å². The number of carbonyl (C=O) groups excluding carboxylic acids is 2. The monoisotopic (exact) mass is 490 g/mol. The van der Waals surface area contributed by atoms with E-state index in [0.717, 1.165) is 0 Å². The minimum atomic E-state index is -1.22. The van der Waals surface area contributed by atoms with Crippen LogP contribution in [0.4, 0.5) is 0 Å². The third-order valence-corrected chi connectivity index (χ3v) is 4.81. The van der Waals surface area contributed by atoms with Gasteiger partial charge in [0.2, 0.25) is 11.8 Å². The average molecular weight is 489 g/mol. The third kappa shape index (κ3) is 13.3. The summed E-state index contributed by atoms with van der Waals surface area (Å²) in [4.78, 5) is 53.9. The first-order valence-electron chi connectivity index (χ1n) is 7.79. The molecule has 0 bridgehead atoms. The van der Waals surface area contributed by atoms with Gasteiger partial charge < -0.3 is 26.6 Å². The van der Waals surface area contributed by atoms with Gasteiger partial charge in [0.25, 0.3) is 0 Å². The summed E-state index contributed by atoms with van der Waals surface area (Å²) in [6, 6.07) is -2.15. The number of nitrogens with two attached hydrogens (primary N) is 2. The molecule has 2 unspecified atom stereocenters. The van der Waals surface area contributed by atoms with Crippen LogP contribution in [0.3, 0.4) is 0 Å². The Morgan fingerprint density at radius 1 is 1.18 bits per heavy atom. The molecular formula is C14H26N4O8SSe. The number of rotatable bonds is 11. The van der Waals surface area contributed by atoms with Gasteiger partial charge in [-0.2, -0.15) is 12.6 Å². The van der Waals surface area contributed by atoms with Crippen molar-refractivity contribution >= 4 is 58.4 Å². The van der Waals surface area contributed by atoms with Gasteiger partial charge in [-0.3, -0.25) is 19.2 Å². The second-order valence-electron chi connectivity index (χ2n) is 5.78. The van der Waals surface area contributed by atoms with Crippen LogP contribution in [-0.2, 0) is 24.0 Å². The van der Waals surface area contributed by atoms with Crippen molar-refractivity contribution < 1.29 is 39.3 Å². The molecule has 3 atom stereocenters. The van der Waals surface area contributed by atoms with Crippen LogP contribution in [0, 0.1) is 0 Å². The maximum Gasteiger partial charge on any atom is 0.322 e. The maximum absolute atomic E-state index is 11.5. The summed E-state index contributed by atoms with van der Waals surface area (Å²) < 4.78 is 0. The predicted octanol–water partition coefficient (Wildman–Crippen LogP) is -3.10. The van der Waals surface area contributed by atoms with E-state index in [9.17, 15) is 24.0 Å². The number of hydrogen-bond donors (Lipinski definition) is 8. The number of hydrogen-bond acceptors (Lipinski definition) is 8. The summed E-state index contributed by atoms with van der Waals surface area (Å²) in [5.74, 6) is -4.66. The number of carboxylic acid groups (broad SMARTS) is 3. The van der Waals surface area contributed by atoms with Gasteiger partial charge in [-0.1, -0.05) is 0 Å². The molecule has 0 aromatic rings. The fourth-order valence-corrected chi connectivity index (χ4v) is 1.77. The normalized spacial score (nSPS) is 14.3. The Kier molecular flexibility index (Phi) is 14.4. The zero-order valence-corrected chi connectivity index (χ0v) is 17.9. The van der Waals surface area contributed by atoms with E-state index >= 15 is 0 Å². The fraction of sp³-hybridized carbons (Fsp3) is 0.643. The Labute approximate surface area is 175 Å². The van der Waals surface area contributed by atoms with Crippen LogP contribution in [-0.4, -0.2) is 91.0 Å². The van der Waals surface area contributed by atoms with Crippen molar-refractivity contribution in [3.63, 3.8) is 0 Å². The maximum atomic E-state index is 11.5.